The summed E-state index contributed by atoms with van der Waals surface area (Å²) in [6.45, 7) is 5.55. The molecule has 0 bridgehead atoms. The highest BCUT2D eigenvalue weighted by Gasteiger charge is 2.13. The minimum atomic E-state index is -0.435. The Hall–Kier alpha value is -2.83. The van der Waals surface area contributed by atoms with Gasteiger partial charge in [0.25, 0.3) is 5.91 Å². The Labute approximate surface area is 135 Å². The molecule has 0 atom stereocenters. The largest absolute Gasteiger partial charge is 0.497 e. The van der Waals surface area contributed by atoms with E-state index >= 15 is 0 Å². The molecular formula is C16H21N3O4. The molecule has 0 fully saturated rings. The molecule has 0 heterocycles. The van der Waals surface area contributed by atoms with E-state index in [1.54, 1.807) is 31.2 Å². The molecule has 0 saturated heterocycles. The zero-order chi connectivity index (χ0) is 17.2. The number of carbonyl (C=O) groups excluding carboxylic acids is 2. The molecule has 2 N–H and O–H groups in total. The standard InChI is InChI=1S/C16H21N3O4/c1-5-8-17-15(20)9-11(2)18-19-16(21)13-7-6-12(22-3)10-14(13)23-4/h5-7,10H,1,8-9H2,2-4H3,(H,17,20)(H,19,21)/b18-11+. The fourth-order valence-electron chi connectivity index (χ4n) is 1.71. The van der Waals surface area contributed by atoms with E-state index < -0.39 is 5.91 Å². The van der Waals surface area contributed by atoms with Crippen LogP contribution in [0.4, 0.5) is 0 Å². The summed E-state index contributed by atoms with van der Waals surface area (Å²) in [5.41, 5.74) is 3.20. The van der Waals surface area contributed by atoms with Crippen LogP contribution in [0.25, 0.3) is 0 Å². The third kappa shape index (κ3) is 5.82. The second-order valence-corrected chi connectivity index (χ2v) is 4.62. The average Bonchev–Trinajstić information content (AvgIpc) is 2.57. The van der Waals surface area contributed by atoms with Crippen molar-refractivity contribution in [3.8, 4) is 11.5 Å². The van der Waals surface area contributed by atoms with Gasteiger partial charge in [0.15, 0.2) is 0 Å². The van der Waals surface area contributed by atoms with Gasteiger partial charge in [-0.25, -0.2) is 5.43 Å². The number of ether oxygens (including phenoxy) is 2. The minimum absolute atomic E-state index is 0.0911. The molecule has 0 radical (unpaired) electrons. The van der Waals surface area contributed by atoms with Gasteiger partial charge in [0.05, 0.1) is 26.2 Å². The van der Waals surface area contributed by atoms with Crippen molar-refractivity contribution in [2.75, 3.05) is 20.8 Å². The highest BCUT2D eigenvalue weighted by atomic mass is 16.5. The SMILES string of the molecule is C=CCNC(=O)C/C(C)=N/NC(=O)c1ccc(OC)cc1OC. The molecule has 1 rings (SSSR count). The molecule has 0 saturated carbocycles. The summed E-state index contributed by atoms with van der Waals surface area (Å²) in [5, 5.41) is 6.54. The first-order valence-corrected chi connectivity index (χ1v) is 6.95. The van der Waals surface area contributed by atoms with Gasteiger partial charge in [-0.05, 0) is 19.1 Å². The van der Waals surface area contributed by atoms with Gasteiger partial charge in [-0.15, -0.1) is 6.58 Å². The maximum Gasteiger partial charge on any atom is 0.275 e. The Kier molecular flexibility index (Phi) is 7.32. The summed E-state index contributed by atoms with van der Waals surface area (Å²) < 4.78 is 10.2. The van der Waals surface area contributed by atoms with Crippen molar-refractivity contribution in [1.82, 2.24) is 10.7 Å². The zero-order valence-corrected chi connectivity index (χ0v) is 13.5. The average molecular weight is 319 g/mol. The van der Waals surface area contributed by atoms with Crippen LogP contribution in [-0.2, 0) is 4.79 Å². The molecule has 0 unspecified atom stereocenters. The van der Waals surface area contributed by atoms with Crippen LogP contribution in [0.1, 0.15) is 23.7 Å². The number of carbonyl (C=O) groups is 2. The quantitative estimate of drug-likeness (QED) is 0.432. The van der Waals surface area contributed by atoms with E-state index in [0.717, 1.165) is 0 Å². The fourth-order valence-corrected chi connectivity index (χ4v) is 1.71. The third-order valence-corrected chi connectivity index (χ3v) is 2.86. The topological polar surface area (TPSA) is 89.0 Å². The Bertz CT molecular complexity index is 611. The van der Waals surface area contributed by atoms with Gasteiger partial charge in [-0.3, -0.25) is 9.59 Å². The van der Waals surface area contributed by atoms with Crippen LogP contribution in [0.3, 0.4) is 0 Å². The van der Waals surface area contributed by atoms with E-state index in [9.17, 15) is 9.59 Å². The van der Waals surface area contributed by atoms with Crippen molar-refractivity contribution < 1.29 is 19.1 Å². The maximum atomic E-state index is 12.1. The van der Waals surface area contributed by atoms with Gasteiger partial charge in [0, 0.05) is 18.3 Å². The van der Waals surface area contributed by atoms with E-state index in [1.807, 2.05) is 0 Å². The van der Waals surface area contributed by atoms with Crippen molar-refractivity contribution in [3.63, 3.8) is 0 Å². The summed E-state index contributed by atoms with van der Waals surface area (Å²) >= 11 is 0. The molecule has 2 amide bonds. The van der Waals surface area contributed by atoms with Crippen molar-refractivity contribution in [1.29, 1.82) is 0 Å². The van der Waals surface area contributed by atoms with Crippen LogP contribution in [0, 0.1) is 0 Å². The molecule has 0 aliphatic heterocycles. The van der Waals surface area contributed by atoms with E-state index in [2.05, 4.69) is 22.4 Å². The first-order chi connectivity index (χ1) is 11.0. The number of nitrogens with one attached hydrogen (secondary N) is 2. The molecule has 0 spiro atoms. The number of hydrazone groups is 1. The number of methoxy groups -OCH3 is 2. The number of amides is 2. The molecule has 0 aliphatic carbocycles. The van der Waals surface area contributed by atoms with Crippen molar-refractivity contribution in [2.45, 2.75) is 13.3 Å². The van der Waals surface area contributed by atoms with Crippen LogP contribution < -0.4 is 20.2 Å². The Balaban J connectivity index is 2.70. The van der Waals surface area contributed by atoms with Crippen molar-refractivity contribution in [3.05, 3.63) is 36.4 Å². The van der Waals surface area contributed by atoms with Crippen molar-refractivity contribution >= 4 is 17.5 Å². The number of hydrogen-bond donors (Lipinski definition) is 2. The van der Waals surface area contributed by atoms with E-state index in [1.165, 1.54) is 14.2 Å². The van der Waals surface area contributed by atoms with Gasteiger partial charge in [-0.2, -0.15) is 5.10 Å². The summed E-state index contributed by atoms with van der Waals surface area (Å²) in [6, 6.07) is 4.83. The highest BCUT2D eigenvalue weighted by molar-refractivity contribution is 6.01. The number of rotatable bonds is 8. The van der Waals surface area contributed by atoms with Crippen LogP contribution >= 0.6 is 0 Å². The molecule has 7 nitrogen and oxygen atoms in total. The molecule has 7 heteroatoms. The summed E-state index contributed by atoms with van der Waals surface area (Å²) in [4.78, 5) is 23.6. The van der Waals surface area contributed by atoms with Crippen LogP contribution in [0.2, 0.25) is 0 Å². The lowest BCUT2D eigenvalue weighted by Gasteiger charge is -2.09. The lowest BCUT2D eigenvalue weighted by Crippen LogP contribution is -2.26. The van der Waals surface area contributed by atoms with E-state index in [0.29, 0.717) is 29.3 Å². The first-order valence-electron chi connectivity index (χ1n) is 6.95. The maximum absolute atomic E-state index is 12.1. The normalized spacial score (nSPS) is 10.7. The molecule has 23 heavy (non-hydrogen) atoms. The fraction of sp³-hybridized carbons (Fsp3) is 0.312. The molecule has 1 aromatic carbocycles. The molecular weight excluding hydrogens is 298 g/mol. The van der Waals surface area contributed by atoms with E-state index in [4.69, 9.17) is 9.47 Å². The van der Waals surface area contributed by atoms with Gasteiger partial charge in [-0.1, -0.05) is 6.08 Å². The van der Waals surface area contributed by atoms with Gasteiger partial charge >= 0.3 is 0 Å². The van der Waals surface area contributed by atoms with E-state index in [-0.39, 0.29) is 12.3 Å². The van der Waals surface area contributed by atoms with Crippen LogP contribution in [0.5, 0.6) is 11.5 Å². The van der Waals surface area contributed by atoms with Gasteiger partial charge in [0.2, 0.25) is 5.91 Å². The second kappa shape index (κ2) is 9.24. The zero-order valence-electron chi connectivity index (χ0n) is 13.5. The predicted molar refractivity (Wildman–Crippen MR) is 87.9 cm³/mol. The number of hydrogen-bond acceptors (Lipinski definition) is 5. The smallest absolute Gasteiger partial charge is 0.275 e. The molecule has 0 aromatic heterocycles. The third-order valence-electron chi connectivity index (χ3n) is 2.86. The summed E-state index contributed by atoms with van der Waals surface area (Å²) in [5.74, 6) is 0.327. The molecule has 124 valence electrons. The van der Waals surface area contributed by atoms with Gasteiger partial charge in [0.1, 0.15) is 11.5 Å². The molecule has 1 aromatic rings. The van der Waals surface area contributed by atoms with Crippen LogP contribution in [-0.4, -0.2) is 38.3 Å². The van der Waals surface area contributed by atoms with Crippen LogP contribution in [0.15, 0.2) is 36.0 Å². The Morgan fingerprint density at radius 2 is 2.04 bits per heavy atom. The lowest BCUT2D eigenvalue weighted by molar-refractivity contribution is -0.119. The number of nitrogens with zero attached hydrogens (tertiary/aromatic N) is 1. The Morgan fingerprint density at radius 1 is 1.30 bits per heavy atom. The first kappa shape index (κ1) is 18.2. The lowest BCUT2D eigenvalue weighted by atomic mass is 10.2. The second-order valence-electron chi connectivity index (χ2n) is 4.62. The van der Waals surface area contributed by atoms with Crippen molar-refractivity contribution in [2.24, 2.45) is 5.10 Å². The predicted octanol–water partition coefficient (Wildman–Crippen LogP) is 1.50. The highest BCUT2D eigenvalue weighted by Crippen LogP contribution is 2.24. The Morgan fingerprint density at radius 3 is 2.65 bits per heavy atom. The number of benzene rings is 1. The van der Waals surface area contributed by atoms with Gasteiger partial charge < -0.3 is 14.8 Å². The minimum Gasteiger partial charge on any atom is -0.497 e. The monoisotopic (exact) mass is 319 g/mol. The summed E-state index contributed by atoms with van der Waals surface area (Å²) in [7, 11) is 2.99. The summed E-state index contributed by atoms with van der Waals surface area (Å²) in [6.07, 6.45) is 1.68. The molecule has 0 aliphatic rings.